The predicted molar refractivity (Wildman–Crippen MR) is 86.7 cm³/mol. The summed E-state index contributed by atoms with van der Waals surface area (Å²) < 4.78 is 0. The molecule has 0 atom stereocenters. The fraction of sp³-hybridized carbons (Fsp3) is 0.647. The zero-order valence-electron chi connectivity index (χ0n) is 12.9. The van der Waals surface area contributed by atoms with E-state index in [-0.39, 0.29) is 0 Å². The Kier molecular flexibility index (Phi) is 4.16. The summed E-state index contributed by atoms with van der Waals surface area (Å²) in [5.41, 5.74) is 4.40. The minimum atomic E-state index is 0.874. The number of fused-ring (bicyclic) bond motifs is 1. The summed E-state index contributed by atoms with van der Waals surface area (Å²) in [5, 5.41) is 3.54. The number of nitrogens with zero attached hydrogens (tertiary/aromatic N) is 2. The van der Waals surface area contributed by atoms with Crippen molar-refractivity contribution in [1.29, 1.82) is 0 Å². The maximum atomic E-state index is 3.54. The zero-order valence-corrected chi connectivity index (χ0v) is 12.9. The molecule has 0 saturated carbocycles. The molecule has 0 amide bonds. The lowest BCUT2D eigenvalue weighted by Crippen LogP contribution is -2.37. The molecular weight excluding hydrogens is 246 g/mol. The molecule has 2 aliphatic heterocycles. The Balaban J connectivity index is 1.69. The van der Waals surface area contributed by atoms with Crippen molar-refractivity contribution < 1.29 is 0 Å². The number of benzene rings is 1. The number of piperidine rings is 1. The Morgan fingerprint density at radius 1 is 1.25 bits per heavy atom. The molecule has 3 rings (SSSR count). The van der Waals surface area contributed by atoms with Crippen LogP contribution in [0.4, 0.5) is 11.4 Å². The van der Waals surface area contributed by atoms with Crippen molar-refractivity contribution in [3.63, 3.8) is 0 Å². The first kappa shape index (κ1) is 13.7. The second-order valence-corrected chi connectivity index (χ2v) is 6.53. The van der Waals surface area contributed by atoms with Crippen LogP contribution in [0.5, 0.6) is 0 Å². The molecule has 2 aliphatic rings. The second kappa shape index (κ2) is 6.04. The summed E-state index contributed by atoms with van der Waals surface area (Å²) in [5.74, 6) is 0.874. The summed E-state index contributed by atoms with van der Waals surface area (Å²) in [6.45, 7) is 4.80. The molecule has 20 heavy (non-hydrogen) atoms. The predicted octanol–water partition coefficient (Wildman–Crippen LogP) is 2.82. The minimum Gasteiger partial charge on any atom is -0.385 e. The maximum Gasteiger partial charge on any atom is 0.0419 e. The van der Waals surface area contributed by atoms with E-state index in [2.05, 4.69) is 47.4 Å². The van der Waals surface area contributed by atoms with Crippen molar-refractivity contribution in [3.8, 4) is 0 Å². The van der Waals surface area contributed by atoms with Gasteiger partial charge in [-0.25, -0.2) is 0 Å². The van der Waals surface area contributed by atoms with Gasteiger partial charge in [0.1, 0.15) is 0 Å². The van der Waals surface area contributed by atoms with E-state index < -0.39 is 0 Å². The fourth-order valence-electron chi connectivity index (χ4n) is 3.66. The Bertz CT molecular complexity index is 448. The average Bonchev–Trinajstić information content (AvgIpc) is 2.47. The molecule has 110 valence electrons. The van der Waals surface area contributed by atoms with E-state index in [0.29, 0.717) is 0 Å². The largest absolute Gasteiger partial charge is 0.385 e. The number of rotatable bonds is 3. The van der Waals surface area contributed by atoms with E-state index in [0.717, 1.165) is 12.5 Å². The van der Waals surface area contributed by atoms with Gasteiger partial charge in [0.05, 0.1) is 0 Å². The number of hydrogen-bond acceptors (Lipinski definition) is 3. The monoisotopic (exact) mass is 273 g/mol. The van der Waals surface area contributed by atoms with Gasteiger partial charge in [-0.15, -0.1) is 0 Å². The third-order valence-corrected chi connectivity index (χ3v) is 4.65. The van der Waals surface area contributed by atoms with Gasteiger partial charge in [-0.1, -0.05) is 6.07 Å². The van der Waals surface area contributed by atoms with Crippen LogP contribution in [-0.4, -0.2) is 45.2 Å². The highest BCUT2D eigenvalue weighted by atomic mass is 15.1. The van der Waals surface area contributed by atoms with Crippen LogP contribution in [-0.2, 0) is 6.42 Å². The second-order valence-electron chi connectivity index (χ2n) is 6.53. The van der Waals surface area contributed by atoms with Crippen LogP contribution in [0.15, 0.2) is 18.2 Å². The van der Waals surface area contributed by atoms with Crippen LogP contribution >= 0.6 is 0 Å². The molecule has 3 heteroatoms. The van der Waals surface area contributed by atoms with Gasteiger partial charge in [-0.3, -0.25) is 0 Å². The molecular formula is C17H27N3. The molecule has 1 saturated heterocycles. The summed E-state index contributed by atoms with van der Waals surface area (Å²) in [6.07, 6.45) is 5.15. The van der Waals surface area contributed by atoms with Crippen molar-refractivity contribution in [1.82, 2.24) is 4.90 Å². The lowest BCUT2D eigenvalue weighted by Gasteiger charge is -2.36. The van der Waals surface area contributed by atoms with E-state index in [4.69, 9.17) is 0 Å². The van der Waals surface area contributed by atoms with E-state index in [1.54, 1.807) is 5.56 Å². The van der Waals surface area contributed by atoms with Gasteiger partial charge in [0.15, 0.2) is 0 Å². The highest BCUT2D eigenvalue weighted by molar-refractivity contribution is 5.68. The lowest BCUT2D eigenvalue weighted by molar-refractivity contribution is 0.285. The normalized spacial score (nSPS) is 19.9. The van der Waals surface area contributed by atoms with Crippen molar-refractivity contribution in [2.75, 3.05) is 50.5 Å². The quantitative estimate of drug-likeness (QED) is 0.913. The smallest absolute Gasteiger partial charge is 0.0419 e. The standard InChI is InChI=1S/C17H27N3/c1-19(2)13-14-8-11-20(12-9-14)17-7-3-6-16-15(17)5-4-10-18-16/h3,6-7,14,18H,4-5,8-13H2,1-2H3. The third kappa shape index (κ3) is 2.93. The van der Waals surface area contributed by atoms with Gasteiger partial charge in [0, 0.05) is 37.6 Å². The number of anilines is 2. The Labute approximate surface area is 123 Å². The lowest BCUT2D eigenvalue weighted by atomic mass is 9.94. The molecule has 3 nitrogen and oxygen atoms in total. The number of hydrogen-bond donors (Lipinski definition) is 1. The van der Waals surface area contributed by atoms with Gasteiger partial charge in [-0.2, -0.15) is 0 Å². The molecule has 0 aromatic heterocycles. The Hall–Kier alpha value is -1.22. The van der Waals surface area contributed by atoms with Gasteiger partial charge in [0.2, 0.25) is 0 Å². The van der Waals surface area contributed by atoms with Crippen LogP contribution in [0.3, 0.4) is 0 Å². The fourth-order valence-corrected chi connectivity index (χ4v) is 3.66. The van der Waals surface area contributed by atoms with Gasteiger partial charge >= 0.3 is 0 Å². The van der Waals surface area contributed by atoms with Crippen LogP contribution < -0.4 is 10.2 Å². The average molecular weight is 273 g/mol. The van der Waals surface area contributed by atoms with Crippen molar-refractivity contribution in [2.24, 2.45) is 5.92 Å². The summed E-state index contributed by atoms with van der Waals surface area (Å²) >= 11 is 0. The van der Waals surface area contributed by atoms with Crippen molar-refractivity contribution >= 4 is 11.4 Å². The molecule has 0 radical (unpaired) electrons. The SMILES string of the molecule is CN(C)CC1CCN(c2cccc3c2CCCN3)CC1. The topological polar surface area (TPSA) is 18.5 Å². The molecule has 0 spiro atoms. The minimum absolute atomic E-state index is 0.874. The first-order valence-electron chi connectivity index (χ1n) is 7.99. The van der Waals surface area contributed by atoms with Crippen LogP contribution in [0.2, 0.25) is 0 Å². The molecule has 0 aliphatic carbocycles. The van der Waals surface area contributed by atoms with Crippen LogP contribution in [0.25, 0.3) is 0 Å². The van der Waals surface area contributed by atoms with Crippen LogP contribution in [0.1, 0.15) is 24.8 Å². The first-order valence-corrected chi connectivity index (χ1v) is 7.99. The van der Waals surface area contributed by atoms with E-state index in [1.165, 1.54) is 56.7 Å². The molecule has 0 bridgehead atoms. The summed E-state index contributed by atoms with van der Waals surface area (Å²) in [4.78, 5) is 4.94. The summed E-state index contributed by atoms with van der Waals surface area (Å²) in [7, 11) is 4.37. The molecule has 1 aromatic carbocycles. The Morgan fingerprint density at radius 3 is 2.80 bits per heavy atom. The molecule has 0 unspecified atom stereocenters. The van der Waals surface area contributed by atoms with Gasteiger partial charge in [0.25, 0.3) is 0 Å². The van der Waals surface area contributed by atoms with Crippen LogP contribution in [0, 0.1) is 5.92 Å². The van der Waals surface area contributed by atoms with E-state index in [1.807, 2.05) is 0 Å². The maximum absolute atomic E-state index is 3.54. The molecule has 2 heterocycles. The first-order chi connectivity index (χ1) is 9.74. The van der Waals surface area contributed by atoms with Crippen molar-refractivity contribution in [3.05, 3.63) is 23.8 Å². The molecule has 1 fully saturated rings. The molecule has 1 N–H and O–H groups in total. The van der Waals surface area contributed by atoms with Crippen molar-refractivity contribution in [2.45, 2.75) is 25.7 Å². The van der Waals surface area contributed by atoms with E-state index >= 15 is 0 Å². The highest BCUT2D eigenvalue weighted by Crippen LogP contribution is 2.33. The highest BCUT2D eigenvalue weighted by Gasteiger charge is 2.23. The molecule has 1 aromatic rings. The third-order valence-electron chi connectivity index (χ3n) is 4.65. The zero-order chi connectivity index (χ0) is 13.9. The van der Waals surface area contributed by atoms with E-state index in [9.17, 15) is 0 Å². The van der Waals surface area contributed by atoms with Gasteiger partial charge in [-0.05, 0) is 63.4 Å². The Morgan fingerprint density at radius 2 is 2.05 bits per heavy atom. The van der Waals surface area contributed by atoms with Gasteiger partial charge < -0.3 is 15.1 Å². The summed E-state index contributed by atoms with van der Waals surface area (Å²) in [6, 6.07) is 6.76. The number of nitrogens with one attached hydrogen (secondary N) is 1.